The minimum absolute atomic E-state index is 0.323. The van der Waals surface area contributed by atoms with Gasteiger partial charge in [-0.25, -0.2) is 0 Å². The number of hydrogen-bond donors (Lipinski definition) is 0. The summed E-state index contributed by atoms with van der Waals surface area (Å²) in [6.45, 7) is 5.15. The van der Waals surface area contributed by atoms with Crippen LogP contribution in [-0.2, 0) is 0 Å². The minimum atomic E-state index is 0.323. The molecule has 1 heterocycles. The summed E-state index contributed by atoms with van der Waals surface area (Å²) >= 11 is 5.29. The fourth-order valence-corrected chi connectivity index (χ4v) is 4.84. The Kier molecular flexibility index (Phi) is 5.81. The maximum absolute atomic E-state index is 2.61. The van der Waals surface area contributed by atoms with Crippen LogP contribution in [0.5, 0.6) is 0 Å². The zero-order chi connectivity index (χ0) is 7.40. The molecular weight excluding hydrogens is 469 g/mol. The SMILES string of the molecule is I[I-]N1CCCN(I)CC1. The Bertz CT molecular complexity index is 101. The summed E-state index contributed by atoms with van der Waals surface area (Å²) in [5.41, 5.74) is 0. The average molecular weight is 479 g/mol. The molecule has 62 valence electrons. The van der Waals surface area contributed by atoms with Crippen LogP contribution in [0.15, 0.2) is 0 Å². The molecule has 1 aliphatic heterocycles. The van der Waals surface area contributed by atoms with Gasteiger partial charge in [-0.3, -0.25) is 0 Å². The van der Waals surface area contributed by atoms with Crippen LogP contribution in [0.1, 0.15) is 6.42 Å². The molecule has 0 spiro atoms. The number of nitrogens with zero attached hydrogens (tertiary/aromatic N) is 2. The summed E-state index contributed by atoms with van der Waals surface area (Å²) in [5.74, 6) is 0. The van der Waals surface area contributed by atoms with Crippen molar-refractivity contribution in [2.24, 2.45) is 0 Å². The van der Waals surface area contributed by atoms with Gasteiger partial charge in [-0.1, -0.05) is 0 Å². The average Bonchev–Trinajstić information content (AvgIpc) is 2.14. The van der Waals surface area contributed by atoms with E-state index in [2.05, 4.69) is 47.7 Å². The Hall–Kier alpha value is 2.11. The van der Waals surface area contributed by atoms with Crippen LogP contribution in [0, 0.1) is 0 Å². The van der Waals surface area contributed by atoms with Crippen LogP contribution in [0.2, 0.25) is 0 Å². The second-order valence-corrected chi connectivity index (χ2v) is 7.78. The van der Waals surface area contributed by atoms with Gasteiger partial charge in [-0.15, -0.1) is 0 Å². The van der Waals surface area contributed by atoms with Crippen molar-refractivity contribution >= 4 is 41.5 Å². The molecule has 5 heteroatoms. The molecule has 0 saturated carbocycles. The van der Waals surface area contributed by atoms with Gasteiger partial charge < -0.3 is 0 Å². The van der Waals surface area contributed by atoms with Gasteiger partial charge in [0.05, 0.1) is 0 Å². The first-order valence-electron chi connectivity index (χ1n) is 3.25. The molecule has 0 amide bonds. The quantitative estimate of drug-likeness (QED) is 0.341. The van der Waals surface area contributed by atoms with Crippen LogP contribution in [0.25, 0.3) is 0 Å². The molecule has 0 radical (unpaired) electrons. The van der Waals surface area contributed by atoms with Gasteiger partial charge in [0.25, 0.3) is 0 Å². The third-order valence-corrected chi connectivity index (χ3v) is 7.38. The molecule has 0 aromatic heterocycles. The van der Waals surface area contributed by atoms with Crippen molar-refractivity contribution in [2.75, 3.05) is 26.2 Å². The Morgan fingerprint density at radius 3 is 2.60 bits per heavy atom. The fourth-order valence-electron chi connectivity index (χ4n) is 0.918. The molecule has 0 aromatic rings. The van der Waals surface area contributed by atoms with E-state index in [-0.39, 0.29) is 0 Å². The molecule has 1 rings (SSSR count). The van der Waals surface area contributed by atoms with E-state index in [0.717, 1.165) is 0 Å². The Labute approximate surface area is 96.4 Å². The molecule has 0 aromatic carbocycles. The van der Waals surface area contributed by atoms with E-state index in [9.17, 15) is 0 Å². The van der Waals surface area contributed by atoms with Crippen LogP contribution >= 0.6 is 41.5 Å². The molecule has 0 N–H and O–H groups in total. The van der Waals surface area contributed by atoms with Gasteiger partial charge in [0, 0.05) is 0 Å². The van der Waals surface area contributed by atoms with Crippen molar-refractivity contribution in [3.63, 3.8) is 0 Å². The summed E-state index contributed by atoms with van der Waals surface area (Å²) in [6, 6.07) is 0. The van der Waals surface area contributed by atoms with Crippen molar-refractivity contribution in [3.05, 3.63) is 0 Å². The van der Waals surface area contributed by atoms with Gasteiger partial charge in [-0.05, 0) is 0 Å². The molecule has 0 atom stereocenters. The summed E-state index contributed by atoms with van der Waals surface area (Å²) in [7, 11) is 0. The third kappa shape index (κ3) is 3.68. The molecule has 0 aliphatic carbocycles. The van der Waals surface area contributed by atoms with Crippen molar-refractivity contribution in [1.82, 2.24) is 6.23 Å². The Balaban J connectivity index is 2.26. The second-order valence-electron chi connectivity index (χ2n) is 2.24. The maximum atomic E-state index is 2.61. The van der Waals surface area contributed by atoms with Crippen molar-refractivity contribution in [2.45, 2.75) is 6.42 Å². The summed E-state index contributed by atoms with van der Waals surface area (Å²) < 4.78 is 5.01. The van der Waals surface area contributed by atoms with Crippen molar-refractivity contribution in [3.8, 4) is 0 Å². The first-order valence-corrected chi connectivity index (χ1v) is 11.5. The molecule has 1 saturated heterocycles. The standard InChI is InChI=1S/C5H10I3N2/c6-8-10-3-1-2-9(7)4-5-10/h1-5H2/q-1. The Morgan fingerprint density at radius 2 is 1.90 bits per heavy atom. The first kappa shape index (κ1) is 10.2. The van der Waals surface area contributed by atoms with Crippen LogP contribution in [0.3, 0.4) is 0 Å². The van der Waals surface area contributed by atoms with Gasteiger partial charge in [0.15, 0.2) is 0 Å². The molecule has 2 nitrogen and oxygen atoms in total. The molecular formula is C5H10I3N2-. The Morgan fingerprint density at radius 1 is 1.10 bits per heavy atom. The third-order valence-electron chi connectivity index (χ3n) is 1.48. The van der Waals surface area contributed by atoms with Gasteiger partial charge >= 0.3 is 97.8 Å². The van der Waals surface area contributed by atoms with Crippen molar-refractivity contribution in [1.29, 1.82) is 0 Å². The summed E-state index contributed by atoms with van der Waals surface area (Å²) in [4.78, 5) is 0. The van der Waals surface area contributed by atoms with E-state index in [0.29, 0.717) is 17.5 Å². The van der Waals surface area contributed by atoms with Crippen LogP contribution in [-0.4, -0.2) is 32.4 Å². The zero-order valence-electron chi connectivity index (χ0n) is 5.56. The predicted molar refractivity (Wildman–Crippen MR) is 55.8 cm³/mol. The predicted octanol–water partition coefficient (Wildman–Crippen LogP) is -1.30. The molecule has 1 fully saturated rings. The first-order chi connectivity index (χ1) is 4.83. The normalized spacial score (nSPS) is 25.0. The van der Waals surface area contributed by atoms with Crippen LogP contribution in [0.4, 0.5) is 0 Å². The topological polar surface area (TPSA) is 6.48 Å². The number of rotatable bonds is 1. The van der Waals surface area contributed by atoms with E-state index < -0.39 is 0 Å². The van der Waals surface area contributed by atoms with Crippen molar-refractivity contribution < 1.29 is 17.5 Å². The summed E-state index contributed by atoms with van der Waals surface area (Å²) in [6.07, 6.45) is 1.35. The van der Waals surface area contributed by atoms with Gasteiger partial charge in [0.1, 0.15) is 0 Å². The van der Waals surface area contributed by atoms with E-state index >= 15 is 0 Å². The fraction of sp³-hybridized carbons (Fsp3) is 1.00. The van der Waals surface area contributed by atoms with Gasteiger partial charge in [0.2, 0.25) is 0 Å². The van der Waals surface area contributed by atoms with E-state index in [4.69, 9.17) is 0 Å². The second kappa shape index (κ2) is 5.70. The molecule has 10 heavy (non-hydrogen) atoms. The number of halogens is 3. The summed E-state index contributed by atoms with van der Waals surface area (Å²) in [5, 5.41) is 0. The van der Waals surface area contributed by atoms with Crippen LogP contribution < -0.4 is 17.5 Å². The van der Waals surface area contributed by atoms with E-state index in [1.54, 1.807) is 0 Å². The molecule has 0 unspecified atom stereocenters. The molecule has 0 bridgehead atoms. The monoisotopic (exact) mass is 479 g/mol. The van der Waals surface area contributed by atoms with E-state index in [1.165, 1.54) is 32.6 Å². The number of hydrogen-bond acceptors (Lipinski definition) is 2. The van der Waals surface area contributed by atoms with Gasteiger partial charge in [-0.2, -0.15) is 0 Å². The zero-order valence-corrected chi connectivity index (χ0v) is 12.0. The van der Waals surface area contributed by atoms with E-state index in [1.807, 2.05) is 0 Å². The molecule has 1 aliphatic rings.